The second-order valence-electron chi connectivity index (χ2n) is 4.83. The number of thiol groups is 1. The molecule has 0 fully saturated rings. The van der Waals surface area contributed by atoms with Crippen LogP contribution >= 0.6 is 24.4 Å². The largest absolute Gasteiger partial charge is 0.481 e. The number of aliphatic carboxylic acids is 1. The predicted molar refractivity (Wildman–Crippen MR) is 90.0 cm³/mol. The summed E-state index contributed by atoms with van der Waals surface area (Å²) in [6.45, 7) is 3.43. The van der Waals surface area contributed by atoms with Gasteiger partial charge in [-0.2, -0.15) is 12.6 Å². The van der Waals surface area contributed by atoms with Crippen molar-refractivity contribution in [3.05, 3.63) is 12.7 Å². The van der Waals surface area contributed by atoms with Gasteiger partial charge in [0.25, 0.3) is 0 Å². The van der Waals surface area contributed by atoms with Crippen LogP contribution in [0.2, 0.25) is 0 Å². The Morgan fingerprint density at radius 1 is 1.10 bits per heavy atom. The van der Waals surface area contributed by atoms with E-state index in [9.17, 15) is 14.4 Å². The summed E-state index contributed by atoms with van der Waals surface area (Å²) in [5.41, 5.74) is 0. The van der Waals surface area contributed by atoms with Gasteiger partial charge in [0.1, 0.15) is 0 Å². The lowest BCUT2D eigenvalue weighted by atomic mass is 10.1. The number of hydrogen-bond acceptors (Lipinski definition) is 5. The Balaban J connectivity index is 3.49. The number of carboxylic acids is 1. The van der Waals surface area contributed by atoms with Gasteiger partial charge in [0.05, 0.1) is 0 Å². The number of carbonyl (C=O) groups is 3. The lowest BCUT2D eigenvalue weighted by Crippen LogP contribution is -2.03. The van der Waals surface area contributed by atoms with Crippen LogP contribution in [0.1, 0.15) is 51.4 Å². The van der Waals surface area contributed by atoms with Gasteiger partial charge in [-0.3, -0.25) is 14.4 Å². The van der Waals surface area contributed by atoms with E-state index < -0.39 is 5.97 Å². The number of ketones is 1. The Hall–Kier alpha value is -0.750. The monoisotopic (exact) mass is 332 g/mol. The van der Waals surface area contributed by atoms with Crippen LogP contribution in [0.15, 0.2) is 12.7 Å². The molecule has 0 aliphatic heterocycles. The van der Waals surface area contributed by atoms with Crippen molar-refractivity contribution in [2.45, 2.75) is 56.6 Å². The molecule has 0 spiro atoms. The van der Waals surface area contributed by atoms with E-state index in [1.165, 1.54) is 17.8 Å². The third kappa shape index (κ3) is 14.0. The van der Waals surface area contributed by atoms with Crippen molar-refractivity contribution in [1.82, 2.24) is 0 Å². The number of carbonyl (C=O) groups excluding carboxylic acids is 2. The maximum Gasteiger partial charge on any atom is 0.303 e. The summed E-state index contributed by atoms with van der Waals surface area (Å²) in [5.74, 6) is -0.0718. The number of carboxylic acid groups (broad SMARTS) is 1. The minimum Gasteiger partial charge on any atom is -0.481 e. The third-order valence-corrected chi connectivity index (χ3v) is 4.41. The number of allylic oxidation sites excluding steroid dienone is 1. The first-order chi connectivity index (χ1) is 9.95. The van der Waals surface area contributed by atoms with Gasteiger partial charge < -0.3 is 5.11 Å². The van der Waals surface area contributed by atoms with Gasteiger partial charge >= 0.3 is 5.97 Å². The van der Waals surface area contributed by atoms with E-state index in [4.69, 9.17) is 5.11 Å². The Labute approximate surface area is 136 Å². The normalized spacial score (nSPS) is 11.9. The van der Waals surface area contributed by atoms with Gasteiger partial charge in [-0.1, -0.05) is 24.8 Å². The summed E-state index contributed by atoms with van der Waals surface area (Å²) in [6.07, 6.45) is 6.24. The minimum absolute atomic E-state index is 0.0465. The Bertz CT molecular complexity index is 356. The van der Waals surface area contributed by atoms with E-state index in [-0.39, 0.29) is 22.6 Å². The van der Waals surface area contributed by atoms with E-state index in [2.05, 4.69) is 19.2 Å². The highest BCUT2D eigenvalue weighted by atomic mass is 32.2. The average Bonchev–Trinajstić information content (AvgIpc) is 2.42. The average molecular weight is 332 g/mol. The molecule has 0 rings (SSSR count). The van der Waals surface area contributed by atoms with Crippen LogP contribution in [-0.2, 0) is 14.4 Å². The van der Waals surface area contributed by atoms with E-state index in [1.54, 1.807) is 0 Å². The van der Waals surface area contributed by atoms with Crippen molar-refractivity contribution in [2.75, 3.05) is 5.75 Å². The first-order valence-electron chi connectivity index (χ1n) is 7.16. The molecule has 0 saturated heterocycles. The highest BCUT2D eigenvalue weighted by Gasteiger charge is 2.08. The van der Waals surface area contributed by atoms with Gasteiger partial charge in [-0.25, -0.2) is 0 Å². The zero-order valence-corrected chi connectivity index (χ0v) is 14.0. The molecule has 0 radical (unpaired) electrons. The molecule has 0 bridgehead atoms. The SMILES string of the molecule is C=CC(=O)CCCCC(S)CCSC(=O)CCCC(=O)O. The van der Waals surface area contributed by atoms with E-state index in [1.807, 2.05) is 0 Å². The summed E-state index contributed by atoms with van der Waals surface area (Å²) in [7, 11) is 0. The highest BCUT2D eigenvalue weighted by Crippen LogP contribution is 2.17. The van der Waals surface area contributed by atoms with Crippen LogP contribution < -0.4 is 0 Å². The molecule has 1 N–H and O–H groups in total. The molecule has 0 saturated carbocycles. The lowest BCUT2D eigenvalue weighted by molar-refractivity contribution is -0.137. The highest BCUT2D eigenvalue weighted by molar-refractivity contribution is 8.13. The number of thioether (sulfide) groups is 1. The molecule has 1 unspecified atom stereocenters. The first kappa shape index (κ1) is 20.2. The van der Waals surface area contributed by atoms with Crippen LogP contribution in [0.4, 0.5) is 0 Å². The van der Waals surface area contributed by atoms with Crippen LogP contribution in [-0.4, -0.2) is 33.0 Å². The molecule has 21 heavy (non-hydrogen) atoms. The van der Waals surface area contributed by atoms with Gasteiger partial charge in [0.2, 0.25) is 0 Å². The van der Waals surface area contributed by atoms with Crippen molar-refractivity contribution >= 4 is 41.3 Å². The van der Waals surface area contributed by atoms with Crippen LogP contribution in [0.3, 0.4) is 0 Å². The molecule has 0 aromatic carbocycles. The Kier molecular flexibility index (Phi) is 12.5. The molecule has 0 aromatic rings. The third-order valence-electron chi connectivity index (χ3n) is 2.92. The molecule has 0 heterocycles. The topological polar surface area (TPSA) is 71.4 Å². The van der Waals surface area contributed by atoms with E-state index in [0.717, 1.165) is 25.7 Å². The molecule has 4 nitrogen and oxygen atoms in total. The maximum absolute atomic E-state index is 11.5. The van der Waals surface area contributed by atoms with Crippen LogP contribution in [0.25, 0.3) is 0 Å². The van der Waals surface area contributed by atoms with Crippen molar-refractivity contribution in [2.24, 2.45) is 0 Å². The molecular formula is C15H24O4S2. The molecule has 0 amide bonds. The van der Waals surface area contributed by atoms with E-state index in [0.29, 0.717) is 25.0 Å². The summed E-state index contributed by atoms with van der Waals surface area (Å²) in [4.78, 5) is 32.8. The Morgan fingerprint density at radius 3 is 2.43 bits per heavy atom. The molecule has 6 heteroatoms. The lowest BCUT2D eigenvalue weighted by Gasteiger charge is -2.09. The molecule has 0 aliphatic rings. The number of rotatable bonds is 13. The van der Waals surface area contributed by atoms with Crippen LogP contribution in [0, 0.1) is 0 Å². The predicted octanol–water partition coefficient (Wildman–Crippen LogP) is 3.51. The van der Waals surface area contributed by atoms with Gasteiger partial charge in [0.15, 0.2) is 10.9 Å². The second kappa shape index (κ2) is 13.0. The Morgan fingerprint density at radius 2 is 1.81 bits per heavy atom. The fraction of sp³-hybridized carbons (Fsp3) is 0.667. The summed E-state index contributed by atoms with van der Waals surface area (Å²) >= 11 is 5.73. The molecule has 0 aliphatic carbocycles. The van der Waals surface area contributed by atoms with Crippen molar-refractivity contribution in [3.63, 3.8) is 0 Å². The standard InChI is InChI=1S/C15H24O4S2/c1-2-12(16)6-3-4-7-13(20)10-11-21-15(19)9-5-8-14(17)18/h2,13,20H,1,3-11H2,(H,17,18). The second-order valence-corrected chi connectivity index (χ2v) is 6.71. The van der Waals surface area contributed by atoms with Crippen molar-refractivity contribution in [3.8, 4) is 0 Å². The van der Waals surface area contributed by atoms with Gasteiger partial charge in [-0.05, 0) is 31.8 Å². The number of unbranched alkanes of at least 4 members (excludes halogenated alkanes) is 1. The van der Waals surface area contributed by atoms with E-state index >= 15 is 0 Å². The molecule has 1 atom stereocenters. The fourth-order valence-corrected chi connectivity index (χ4v) is 3.10. The fourth-order valence-electron chi connectivity index (χ4n) is 1.69. The summed E-state index contributed by atoms with van der Waals surface area (Å²) < 4.78 is 0. The quantitative estimate of drug-likeness (QED) is 0.307. The zero-order valence-electron chi connectivity index (χ0n) is 12.3. The van der Waals surface area contributed by atoms with Gasteiger partial charge in [-0.15, -0.1) is 0 Å². The minimum atomic E-state index is -0.863. The van der Waals surface area contributed by atoms with Crippen molar-refractivity contribution < 1.29 is 19.5 Å². The molecular weight excluding hydrogens is 308 g/mol. The van der Waals surface area contributed by atoms with Crippen LogP contribution in [0.5, 0.6) is 0 Å². The summed E-state index contributed by atoms with van der Waals surface area (Å²) in [5, 5.41) is 8.76. The maximum atomic E-state index is 11.5. The smallest absolute Gasteiger partial charge is 0.303 e. The van der Waals surface area contributed by atoms with Gasteiger partial charge in [0, 0.05) is 30.3 Å². The van der Waals surface area contributed by atoms with Crippen molar-refractivity contribution in [1.29, 1.82) is 0 Å². The first-order valence-corrected chi connectivity index (χ1v) is 8.66. The molecule has 120 valence electrons. The molecule has 0 aromatic heterocycles. The summed E-state index contributed by atoms with van der Waals surface area (Å²) in [6, 6.07) is 0. The number of hydrogen-bond donors (Lipinski definition) is 2. The zero-order chi connectivity index (χ0) is 16.1.